The van der Waals surface area contributed by atoms with Gasteiger partial charge in [-0.05, 0) is 42.0 Å². The van der Waals surface area contributed by atoms with Crippen LogP contribution in [0.4, 0.5) is 0 Å². The van der Waals surface area contributed by atoms with Gasteiger partial charge >= 0.3 is 0 Å². The lowest BCUT2D eigenvalue weighted by Gasteiger charge is -2.08. The molecular weight excluding hydrogens is 363 g/mol. The van der Waals surface area contributed by atoms with Gasteiger partial charge in [-0.25, -0.2) is 4.98 Å². The van der Waals surface area contributed by atoms with Gasteiger partial charge in [-0.2, -0.15) is 0 Å². The standard InChI is InChI=1S/C22H16Cl2N2/c23-19-11-9-17(10-12-19)22-25-21(18-7-4-8-20(24)13-18)15-26(22)14-16-5-2-1-3-6-16/h1-13,15H,14H2. The minimum Gasteiger partial charge on any atom is -0.326 e. The van der Waals surface area contributed by atoms with Crippen LogP contribution >= 0.6 is 23.2 Å². The zero-order chi connectivity index (χ0) is 17.9. The Labute approximate surface area is 162 Å². The maximum Gasteiger partial charge on any atom is 0.140 e. The predicted octanol–water partition coefficient (Wildman–Crippen LogP) is 6.57. The topological polar surface area (TPSA) is 17.8 Å². The lowest BCUT2D eigenvalue weighted by atomic mass is 10.2. The van der Waals surface area contributed by atoms with E-state index in [1.807, 2.05) is 66.7 Å². The summed E-state index contributed by atoms with van der Waals surface area (Å²) in [5.74, 6) is 0.903. The van der Waals surface area contributed by atoms with Crippen molar-refractivity contribution in [2.75, 3.05) is 0 Å². The number of nitrogens with zero attached hydrogens (tertiary/aromatic N) is 2. The van der Waals surface area contributed by atoms with E-state index in [4.69, 9.17) is 28.2 Å². The molecule has 0 radical (unpaired) electrons. The molecule has 4 rings (SSSR count). The summed E-state index contributed by atoms with van der Waals surface area (Å²) < 4.78 is 2.16. The summed E-state index contributed by atoms with van der Waals surface area (Å²) in [7, 11) is 0. The van der Waals surface area contributed by atoms with E-state index in [0.29, 0.717) is 10.0 Å². The number of hydrogen-bond donors (Lipinski definition) is 0. The second-order valence-electron chi connectivity index (χ2n) is 6.08. The van der Waals surface area contributed by atoms with Gasteiger partial charge in [0.1, 0.15) is 5.82 Å². The van der Waals surface area contributed by atoms with Crippen LogP contribution in [0.1, 0.15) is 5.56 Å². The molecule has 0 saturated carbocycles. The molecule has 3 aromatic carbocycles. The lowest BCUT2D eigenvalue weighted by Crippen LogP contribution is -2.00. The van der Waals surface area contributed by atoms with Gasteiger partial charge in [-0.1, -0.05) is 65.7 Å². The van der Waals surface area contributed by atoms with E-state index in [1.54, 1.807) is 0 Å². The molecule has 0 aliphatic rings. The molecule has 0 saturated heterocycles. The van der Waals surface area contributed by atoms with Crippen LogP contribution in [0.5, 0.6) is 0 Å². The first-order chi connectivity index (χ1) is 12.7. The van der Waals surface area contributed by atoms with E-state index in [9.17, 15) is 0 Å². The molecule has 128 valence electrons. The Morgan fingerprint density at radius 1 is 0.731 bits per heavy atom. The Balaban J connectivity index is 1.80. The van der Waals surface area contributed by atoms with Gasteiger partial charge in [0.15, 0.2) is 0 Å². The molecule has 0 N–H and O–H groups in total. The molecular formula is C22H16Cl2N2. The van der Waals surface area contributed by atoms with Crippen molar-refractivity contribution in [2.45, 2.75) is 6.54 Å². The van der Waals surface area contributed by atoms with Gasteiger partial charge in [-0.3, -0.25) is 0 Å². The van der Waals surface area contributed by atoms with Crippen molar-refractivity contribution in [3.63, 3.8) is 0 Å². The third-order valence-electron chi connectivity index (χ3n) is 4.20. The summed E-state index contributed by atoms with van der Waals surface area (Å²) in [5.41, 5.74) is 4.14. The van der Waals surface area contributed by atoms with E-state index in [0.717, 1.165) is 29.2 Å². The molecule has 0 spiro atoms. The van der Waals surface area contributed by atoms with Crippen LogP contribution in [-0.2, 0) is 6.54 Å². The first-order valence-electron chi connectivity index (χ1n) is 8.32. The first kappa shape index (κ1) is 16.9. The largest absolute Gasteiger partial charge is 0.326 e. The molecule has 26 heavy (non-hydrogen) atoms. The fraction of sp³-hybridized carbons (Fsp3) is 0.0455. The zero-order valence-corrected chi connectivity index (χ0v) is 15.5. The highest BCUT2D eigenvalue weighted by atomic mass is 35.5. The maximum absolute atomic E-state index is 6.16. The molecule has 0 fully saturated rings. The van der Waals surface area contributed by atoms with Crippen molar-refractivity contribution < 1.29 is 0 Å². The summed E-state index contributed by atoms with van der Waals surface area (Å²) in [5, 5.41) is 1.41. The highest BCUT2D eigenvalue weighted by Gasteiger charge is 2.12. The van der Waals surface area contributed by atoms with Crippen molar-refractivity contribution in [1.82, 2.24) is 9.55 Å². The average Bonchev–Trinajstić information content (AvgIpc) is 3.07. The third kappa shape index (κ3) is 3.67. The van der Waals surface area contributed by atoms with Gasteiger partial charge in [0.05, 0.1) is 5.69 Å². The quantitative estimate of drug-likeness (QED) is 0.392. The number of benzene rings is 3. The monoisotopic (exact) mass is 378 g/mol. The highest BCUT2D eigenvalue weighted by Crippen LogP contribution is 2.28. The van der Waals surface area contributed by atoms with Crippen molar-refractivity contribution in [2.24, 2.45) is 0 Å². The molecule has 4 heteroatoms. The molecule has 4 aromatic rings. The lowest BCUT2D eigenvalue weighted by molar-refractivity contribution is 0.807. The summed E-state index contributed by atoms with van der Waals surface area (Å²) in [6.45, 7) is 0.742. The zero-order valence-electron chi connectivity index (χ0n) is 13.9. The summed E-state index contributed by atoms with van der Waals surface area (Å²) in [4.78, 5) is 4.88. The summed E-state index contributed by atoms with van der Waals surface area (Å²) >= 11 is 12.2. The maximum atomic E-state index is 6.16. The Kier molecular flexibility index (Phi) is 4.79. The predicted molar refractivity (Wildman–Crippen MR) is 109 cm³/mol. The molecule has 0 aliphatic carbocycles. The molecule has 1 heterocycles. The summed E-state index contributed by atoms with van der Waals surface area (Å²) in [6, 6.07) is 25.9. The Hall–Kier alpha value is -2.55. The number of hydrogen-bond acceptors (Lipinski definition) is 1. The van der Waals surface area contributed by atoms with E-state index in [1.165, 1.54) is 5.56 Å². The Bertz CT molecular complexity index is 1020. The van der Waals surface area contributed by atoms with Crippen molar-refractivity contribution in [1.29, 1.82) is 0 Å². The fourth-order valence-corrected chi connectivity index (χ4v) is 3.25. The fourth-order valence-electron chi connectivity index (χ4n) is 2.93. The summed E-state index contributed by atoms with van der Waals surface area (Å²) in [6.07, 6.45) is 2.07. The molecule has 0 amide bonds. The molecule has 1 aromatic heterocycles. The smallest absolute Gasteiger partial charge is 0.140 e. The van der Waals surface area contributed by atoms with Gasteiger partial charge in [0, 0.05) is 33.9 Å². The van der Waals surface area contributed by atoms with E-state index in [2.05, 4.69) is 22.9 Å². The number of imidazole rings is 1. The van der Waals surface area contributed by atoms with Crippen LogP contribution in [0.25, 0.3) is 22.6 Å². The van der Waals surface area contributed by atoms with Crippen molar-refractivity contribution >= 4 is 23.2 Å². The number of halogens is 2. The van der Waals surface area contributed by atoms with Gasteiger partial charge in [0.2, 0.25) is 0 Å². The molecule has 2 nitrogen and oxygen atoms in total. The number of rotatable bonds is 4. The van der Waals surface area contributed by atoms with Gasteiger partial charge in [-0.15, -0.1) is 0 Å². The Morgan fingerprint density at radius 2 is 1.50 bits per heavy atom. The molecule has 0 bridgehead atoms. The van der Waals surface area contributed by atoms with E-state index < -0.39 is 0 Å². The van der Waals surface area contributed by atoms with Crippen LogP contribution in [0.2, 0.25) is 10.0 Å². The Morgan fingerprint density at radius 3 is 2.23 bits per heavy atom. The SMILES string of the molecule is Clc1ccc(-c2nc(-c3cccc(Cl)c3)cn2Cc2ccccc2)cc1. The number of aromatic nitrogens is 2. The minimum atomic E-state index is 0.702. The minimum absolute atomic E-state index is 0.702. The molecule has 0 atom stereocenters. The highest BCUT2D eigenvalue weighted by molar-refractivity contribution is 6.31. The van der Waals surface area contributed by atoms with Crippen LogP contribution in [0.3, 0.4) is 0 Å². The molecule has 0 aliphatic heterocycles. The van der Waals surface area contributed by atoms with Gasteiger partial charge in [0.25, 0.3) is 0 Å². The third-order valence-corrected chi connectivity index (χ3v) is 4.68. The first-order valence-corrected chi connectivity index (χ1v) is 9.07. The van der Waals surface area contributed by atoms with Crippen molar-refractivity contribution in [3.8, 4) is 22.6 Å². The normalized spacial score (nSPS) is 10.8. The van der Waals surface area contributed by atoms with Gasteiger partial charge < -0.3 is 4.57 Å². The van der Waals surface area contributed by atoms with Crippen LogP contribution < -0.4 is 0 Å². The van der Waals surface area contributed by atoms with E-state index in [-0.39, 0.29) is 0 Å². The average molecular weight is 379 g/mol. The molecule has 0 unspecified atom stereocenters. The van der Waals surface area contributed by atoms with Crippen LogP contribution in [0.15, 0.2) is 85.1 Å². The second-order valence-corrected chi connectivity index (χ2v) is 6.95. The van der Waals surface area contributed by atoms with Crippen molar-refractivity contribution in [3.05, 3.63) is 101 Å². The van der Waals surface area contributed by atoms with Crippen LogP contribution in [-0.4, -0.2) is 9.55 Å². The van der Waals surface area contributed by atoms with E-state index >= 15 is 0 Å². The second kappa shape index (κ2) is 7.36. The van der Waals surface area contributed by atoms with Crippen LogP contribution in [0, 0.1) is 0 Å².